The molecule has 1 aromatic carbocycles. The van der Waals surface area contributed by atoms with Gasteiger partial charge < -0.3 is 15.9 Å². The molecule has 4 N–H and O–H groups in total. The van der Waals surface area contributed by atoms with Crippen molar-refractivity contribution in [1.29, 1.82) is 0 Å². The predicted octanol–water partition coefficient (Wildman–Crippen LogP) is 2.70. The third-order valence-electron chi connectivity index (χ3n) is 3.54. The van der Waals surface area contributed by atoms with E-state index in [0.717, 1.165) is 18.4 Å². The Balaban J connectivity index is 0.00000162. The number of benzene rings is 1. The summed E-state index contributed by atoms with van der Waals surface area (Å²) in [6.07, 6.45) is 4.60. The topological polar surface area (TPSA) is 83.5 Å². The van der Waals surface area contributed by atoms with E-state index in [1.165, 1.54) is 25.0 Å². The molecule has 100 valence electrons. The van der Waals surface area contributed by atoms with Crippen molar-refractivity contribution in [3.8, 4) is 5.75 Å². The van der Waals surface area contributed by atoms with Crippen molar-refractivity contribution in [2.24, 2.45) is 11.7 Å². The van der Waals surface area contributed by atoms with E-state index in [-0.39, 0.29) is 29.8 Å². The van der Waals surface area contributed by atoms with Crippen molar-refractivity contribution in [1.82, 2.24) is 0 Å². The molecule has 0 radical (unpaired) electrons. The average molecular weight is 272 g/mol. The summed E-state index contributed by atoms with van der Waals surface area (Å²) in [5.74, 6) is -0.899. The molecule has 4 nitrogen and oxygen atoms in total. The van der Waals surface area contributed by atoms with Gasteiger partial charge in [0.1, 0.15) is 11.3 Å². The molecule has 0 saturated heterocycles. The zero-order valence-corrected chi connectivity index (χ0v) is 10.8. The predicted molar refractivity (Wildman–Crippen MR) is 71.2 cm³/mol. The molecule has 5 heteroatoms. The molecule has 0 unspecified atom stereocenters. The molecule has 1 atom stereocenters. The molecule has 0 heterocycles. The Morgan fingerprint density at radius 1 is 1.33 bits per heavy atom. The zero-order valence-electron chi connectivity index (χ0n) is 10.0. The second-order valence-electron chi connectivity index (χ2n) is 4.65. The fourth-order valence-corrected chi connectivity index (χ4v) is 2.52. The average Bonchev–Trinajstić information content (AvgIpc) is 2.81. The highest BCUT2D eigenvalue weighted by Gasteiger charge is 2.24. The number of halogens is 1. The van der Waals surface area contributed by atoms with Gasteiger partial charge in [0, 0.05) is 6.04 Å². The number of rotatable bonds is 3. The summed E-state index contributed by atoms with van der Waals surface area (Å²) in [4.78, 5) is 10.9. The molecule has 1 aliphatic rings. The van der Waals surface area contributed by atoms with Crippen LogP contribution in [0.3, 0.4) is 0 Å². The van der Waals surface area contributed by atoms with Gasteiger partial charge in [0.25, 0.3) is 0 Å². The molecule has 1 fully saturated rings. The van der Waals surface area contributed by atoms with E-state index in [4.69, 9.17) is 10.8 Å². The summed E-state index contributed by atoms with van der Waals surface area (Å²) in [6.45, 7) is 0. The van der Waals surface area contributed by atoms with Crippen LogP contribution < -0.4 is 5.73 Å². The van der Waals surface area contributed by atoms with E-state index >= 15 is 0 Å². The number of carboxylic acids is 1. The van der Waals surface area contributed by atoms with Crippen molar-refractivity contribution in [3.05, 3.63) is 29.3 Å². The van der Waals surface area contributed by atoms with Crippen molar-refractivity contribution in [2.45, 2.75) is 31.7 Å². The van der Waals surface area contributed by atoms with Crippen LogP contribution in [0.25, 0.3) is 0 Å². The lowest BCUT2D eigenvalue weighted by Crippen LogP contribution is -2.19. The number of phenols is 1. The molecule has 1 aliphatic carbocycles. The number of aromatic carboxylic acids is 1. The van der Waals surface area contributed by atoms with Gasteiger partial charge in [-0.15, -0.1) is 12.4 Å². The van der Waals surface area contributed by atoms with Gasteiger partial charge in [0.15, 0.2) is 0 Å². The van der Waals surface area contributed by atoms with Crippen LogP contribution in [0.1, 0.15) is 47.6 Å². The Bertz CT molecular complexity index is 430. The molecule has 18 heavy (non-hydrogen) atoms. The van der Waals surface area contributed by atoms with Crippen molar-refractivity contribution in [3.63, 3.8) is 0 Å². The van der Waals surface area contributed by atoms with Crippen LogP contribution in [0.5, 0.6) is 5.75 Å². The second-order valence-corrected chi connectivity index (χ2v) is 4.65. The maximum atomic E-state index is 10.9. The van der Waals surface area contributed by atoms with Gasteiger partial charge in [-0.05, 0) is 36.5 Å². The van der Waals surface area contributed by atoms with Gasteiger partial charge >= 0.3 is 5.97 Å². The van der Waals surface area contributed by atoms with Gasteiger partial charge in [-0.3, -0.25) is 0 Å². The summed E-state index contributed by atoms with van der Waals surface area (Å²) < 4.78 is 0. The molecule has 1 saturated carbocycles. The Labute approximate surface area is 112 Å². The summed E-state index contributed by atoms with van der Waals surface area (Å²) >= 11 is 0. The minimum atomic E-state index is -1.12. The van der Waals surface area contributed by atoms with Crippen LogP contribution in [0.4, 0.5) is 0 Å². The smallest absolute Gasteiger partial charge is 0.339 e. The molecule has 0 aliphatic heterocycles. The van der Waals surface area contributed by atoms with Gasteiger partial charge in [-0.25, -0.2) is 4.79 Å². The molecule has 0 aromatic heterocycles. The third-order valence-corrected chi connectivity index (χ3v) is 3.54. The Morgan fingerprint density at radius 2 is 1.94 bits per heavy atom. The third kappa shape index (κ3) is 2.94. The highest BCUT2D eigenvalue weighted by molar-refractivity contribution is 5.90. The Morgan fingerprint density at radius 3 is 2.50 bits per heavy atom. The molecule has 2 rings (SSSR count). The summed E-state index contributed by atoms with van der Waals surface area (Å²) in [5.41, 5.74) is 6.87. The first kappa shape index (κ1) is 14.8. The van der Waals surface area contributed by atoms with Crippen LogP contribution >= 0.6 is 12.4 Å². The number of aromatic hydroxyl groups is 1. The van der Waals surface area contributed by atoms with Gasteiger partial charge in [0.05, 0.1) is 0 Å². The molecule has 0 amide bonds. The first-order valence-electron chi connectivity index (χ1n) is 5.91. The van der Waals surface area contributed by atoms with E-state index in [2.05, 4.69) is 0 Å². The first-order chi connectivity index (χ1) is 8.09. The van der Waals surface area contributed by atoms with Crippen LogP contribution in [-0.4, -0.2) is 16.2 Å². The zero-order chi connectivity index (χ0) is 12.4. The van der Waals surface area contributed by atoms with Crippen LogP contribution in [-0.2, 0) is 0 Å². The highest BCUT2D eigenvalue weighted by Crippen LogP contribution is 2.35. The SMILES string of the molecule is Cl.N[C@H](c1ccc(O)c(C(=O)O)c1)C1CCCC1. The van der Waals surface area contributed by atoms with Crippen LogP contribution in [0.15, 0.2) is 18.2 Å². The second kappa shape index (κ2) is 6.07. The molecule has 0 bridgehead atoms. The number of hydrogen-bond donors (Lipinski definition) is 3. The fraction of sp³-hybridized carbons (Fsp3) is 0.462. The number of nitrogens with two attached hydrogens (primary N) is 1. The fourth-order valence-electron chi connectivity index (χ4n) is 2.52. The summed E-state index contributed by atoms with van der Waals surface area (Å²) in [6, 6.07) is 4.48. The number of carboxylic acid groups (broad SMARTS) is 1. The van der Waals surface area contributed by atoms with E-state index in [9.17, 15) is 9.90 Å². The van der Waals surface area contributed by atoms with E-state index < -0.39 is 5.97 Å². The Hall–Kier alpha value is -1.26. The lowest BCUT2D eigenvalue weighted by molar-refractivity contribution is 0.0693. The summed E-state index contributed by atoms with van der Waals surface area (Å²) in [7, 11) is 0. The van der Waals surface area contributed by atoms with Crippen molar-refractivity contribution >= 4 is 18.4 Å². The minimum absolute atomic E-state index is 0. The Kier molecular flexibility index (Phi) is 4.99. The number of hydrogen-bond acceptors (Lipinski definition) is 3. The van der Waals surface area contributed by atoms with Gasteiger partial charge in [-0.2, -0.15) is 0 Å². The van der Waals surface area contributed by atoms with Crippen LogP contribution in [0, 0.1) is 5.92 Å². The van der Waals surface area contributed by atoms with Crippen molar-refractivity contribution in [2.75, 3.05) is 0 Å². The van der Waals surface area contributed by atoms with Gasteiger partial charge in [0.2, 0.25) is 0 Å². The molecular formula is C13H18ClNO3. The van der Waals surface area contributed by atoms with Crippen molar-refractivity contribution < 1.29 is 15.0 Å². The quantitative estimate of drug-likeness (QED) is 0.789. The first-order valence-corrected chi connectivity index (χ1v) is 5.91. The monoisotopic (exact) mass is 271 g/mol. The molecule has 1 aromatic rings. The molecule has 0 spiro atoms. The lowest BCUT2D eigenvalue weighted by Gasteiger charge is -2.19. The maximum absolute atomic E-state index is 10.9. The largest absolute Gasteiger partial charge is 0.507 e. The van der Waals surface area contributed by atoms with Gasteiger partial charge in [-0.1, -0.05) is 18.9 Å². The maximum Gasteiger partial charge on any atom is 0.339 e. The van der Waals surface area contributed by atoms with E-state index in [1.807, 2.05) is 0 Å². The molecular weight excluding hydrogens is 254 g/mol. The van der Waals surface area contributed by atoms with E-state index in [0.29, 0.717) is 5.92 Å². The standard InChI is InChI=1S/C13H17NO3.ClH/c14-12(8-3-1-2-4-8)9-5-6-11(15)10(7-9)13(16)17;/h5-8,12,15H,1-4,14H2,(H,16,17);1H/t12-;/m0./s1. The highest BCUT2D eigenvalue weighted by atomic mass is 35.5. The number of carbonyl (C=O) groups is 1. The normalized spacial score (nSPS) is 17.2. The summed E-state index contributed by atoms with van der Waals surface area (Å²) in [5, 5.41) is 18.4. The lowest BCUT2D eigenvalue weighted by atomic mass is 9.91. The van der Waals surface area contributed by atoms with E-state index in [1.54, 1.807) is 6.07 Å². The minimum Gasteiger partial charge on any atom is -0.507 e. The van der Waals surface area contributed by atoms with Crippen LogP contribution in [0.2, 0.25) is 0 Å².